The lowest BCUT2D eigenvalue weighted by atomic mass is 10.2. The van der Waals surface area contributed by atoms with Crippen LogP contribution >= 0.6 is 24.0 Å². The van der Waals surface area contributed by atoms with E-state index in [1.165, 1.54) is 6.07 Å². The molecule has 0 amide bonds. The van der Waals surface area contributed by atoms with E-state index < -0.39 is 0 Å². The molecule has 1 saturated heterocycles. The number of aryl methyl sites for hydroxylation is 1. The number of piperazine rings is 1. The Hall–Kier alpha value is -2.69. The number of nitrogens with one attached hydrogen (secondary N) is 1. The molecule has 1 N–H and O–H groups in total. The van der Waals surface area contributed by atoms with Crippen LogP contribution in [-0.4, -0.2) is 51.8 Å². The molecule has 0 spiro atoms. The molecule has 1 aliphatic rings. The van der Waals surface area contributed by atoms with Gasteiger partial charge in [-0.15, -0.1) is 34.2 Å². The molecule has 0 radical (unpaired) electrons. The molecule has 170 valence electrons. The van der Waals surface area contributed by atoms with Crippen molar-refractivity contribution in [1.29, 1.82) is 0 Å². The molecule has 2 heterocycles. The van der Waals surface area contributed by atoms with Gasteiger partial charge in [-0.25, -0.2) is 9.38 Å². The molecule has 1 aliphatic heterocycles. The minimum Gasteiger partial charge on any atom is -0.366 e. The number of rotatable bonds is 5. The number of halogens is 2. The van der Waals surface area contributed by atoms with E-state index in [1.54, 1.807) is 6.07 Å². The number of nitrogens with zero attached hydrogens (tertiary/aromatic N) is 6. The van der Waals surface area contributed by atoms with Crippen molar-refractivity contribution < 1.29 is 4.39 Å². The van der Waals surface area contributed by atoms with Crippen molar-refractivity contribution in [2.75, 3.05) is 31.1 Å². The summed E-state index contributed by atoms with van der Waals surface area (Å²) in [6.07, 6.45) is 0. The smallest absolute Gasteiger partial charge is 0.194 e. The molecule has 7 nitrogen and oxygen atoms in total. The van der Waals surface area contributed by atoms with Crippen molar-refractivity contribution in [1.82, 2.24) is 25.0 Å². The van der Waals surface area contributed by atoms with E-state index in [1.807, 2.05) is 48.9 Å². The van der Waals surface area contributed by atoms with Gasteiger partial charge in [0.2, 0.25) is 0 Å². The van der Waals surface area contributed by atoms with Gasteiger partial charge in [-0.2, -0.15) is 0 Å². The van der Waals surface area contributed by atoms with E-state index in [4.69, 9.17) is 4.99 Å². The van der Waals surface area contributed by atoms with Crippen molar-refractivity contribution in [3.05, 3.63) is 77.6 Å². The summed E-state index contributed by atoms with van der Waals surface area (Å²) in [5, 5.41) is 11.8. The largest absolute Gasteiger partial charge is 0.366 e. The van der Waals surface area contributed by atoms with E-state index in [2.05, 4.69) is 37.4 Å². The predicted molar refractivity (Wildman–Crippen MR) is 136 cm³/mol. The summed E-state index contributed by atoms with van der Waals surface area (Å²) in [4.78, 5) is 9.18. The number of hydrogen-bond acceptors (Lipinski definition) is 4. The highest BCUT2D eigenvalue weighted by atomic mass is 127. The van der Waals surface area contributed by atoms with Crippen LogP contribution in [0.15, 0.2) is 59.6 Å². The fourth-order valence-electron chi connectivity index (χ4n) is 3.65. The first-order chi connectivity index (χ1) is 15.1. The normalized spacial score (nSPS) is 14.3. The van der Waals surface area contributed by atoms with E-state index in [-0.39, 0.29) is 29.8 Å². The summed E-state index contributed by atoms with van der Waals surface area (Å²) in [6, 6.07) is 17.1. The van der Waals surface area contributed by atoms with Gasteiger partial charge in [0.1, 0.15) is 11.6 Å². The van der Waals surface area contributed by atoms with E-state index in [0.717, 1.165) is 49.4 Å². The van der Waals surface area contributed by atoms with Crippen LogP contribution in [0.3, 0.4) is 0 Å². The van der Waals surface area contributed by atoms with Gasteiger partial charge < -0.3 is 19.7 Å². The zero-order valence-electron chi connectivity index (χ0n) is 18.4. The van der Waals surface area contributed by atoms with Crippen LogP contribution < -0.4 is 10.2 Å². The SMILES string of the molecule is Cc1nnc(CNC(=NCc2ccccc2)N2CCN(c3ccccc3F)CC2)n1C.I. The number of anilines is 1. The monoisotopic (exact) mass is 549 g/mol. The van der Waals surface area contributed by atoms with E-state index in [9.17, 15) is 4.39 Å². The van der Waals surface area contributed by atoms with Gasteiger partial charge in [0, 0.05) is 33.2 Å². The van der Waals surface area contributed by atoms with Gasteiger partial charge in [0.25, 0.3) is 0 Å². The molecule has 4 rings (SSSR count). The average molecular weight is 549 g/mol. The zero-order valence-corrected chi connectivity index (χ0v) is 20.7. The number of benzene rings is 2. The van der Waals surface area contributed by atoms with Crippen LogP contribution in [0.5, 0.6) is 0 Å². The van der Waals surface area contributed by atoms with Crippen molar-refractivity contribution in [3.63, 3.8) is 0 Å². The average Bonchev–Trinajstić information content (AvgIpc) is 3.13. The lowest BCUT2D eigenvalue weighted by Crippen LogP contribution is -2.52. The van der Waals surface area contributed by atoms with Crippen LogP contribution in [0, 0.1) is 12.7 Å². The fourth-order valence-corrected chi connectivity index (χ4v) is 3.65. The molecule has 9 heteroatoms. The number of para-hydroxylation sites is 1. The highest BCUT2D eigenvalue weighted by Gasteiger charge is 2.22. The third-order valence-electron chi connectivity index (χ3n) is 5.61. The molecule has 0 unspecified atom stereocenters. The minimum absolute atomic E-state index is 0. The third-order valence-corrected chi connectivity index (χ3v) is 5.61. The van der Waals surface area contributed by atoms with E-state index >= 15 is 0 Å². The number of hydrogen-bond donors (Lipinski definition) is 1. The lowest BCUT2D eigenvalue weighted by Gasteiger charge is -2.37. The highest BCUT2D eigenvalue weighted by Crippen LogP contribution is 2.20. The number of guanidine groups is 1. The molecular weight excluding hydrogens is 520 g/mol. The van der Waals surface area contributed by atoms with Crippen molar-refractivity contribution >= 4 is 35.6 Å². The van der Waals surface area contributed by atoms with Crippen LogP contribution in [0.2, 0.25) is 0 Å². The summed E-state index contributed by atoms with van der Waals surface area (Å²) in [6.45, 7) is 6.04. The maximum Gasteiger partial charge on any atom is 0.194 e. The molecule has 32 heavy (non-hydrogen) atoms. The van der Waals surface area contributed by atoms with Gasteiger partial charge in [0.05, 0.1) is 18.8 Å². The topological polar surface area (TPSA) is 61.6 Å². The maximum absolute atomic E-state index is 14.2. The van der Waals surface area contributed by atoms with Crippen LogP contribution in [0.4, 0.5) is 10.1 Å². The summed E-state index contributed by atoms with van der Waals surface area (Å²) in [5.41, 5.74) is 1.81. The maximum atomic E-state index is 14.2. The standard InChI is InChI=1S/C23H28FN7.HI/c1-18-27-28-22(29(18)2)17-26-23(25-16-19-8-4-3-5-9-19)31-14-12-30(13-15-31)21-11-7-6-10-20(21)24;/h3-11H,12-17H2,1-2H3,(H,25,26);1H. The molecule has 1 aromatic heterocycles. The van der Waals surface area contributed by atoms with E-state index in [0.29, 0.717) is 18.8 Å². The van der Waals surface area contributed by atoms with Crippen molar-refractivity contribution in [3.8, 4) is 0 Å². The van der Waals surface area contributed by atoms with Crippen LogP contribution in [0.1, 0.15) is 17.2 Å². The van der Waals surface area contributed by atoms with Crippen molar-refractivity contribution in [2.24, 2.45) is 12.0 Å². The van der Waals surface area contributed by atoms with Gasteiger partial charge in [-0.3, -0.25) is 0 Å². The lowest BCUT2D eigenvalue weighted by molar-refractivity contribution is 0.369. The summed E-state index contributed by atoms with van der Waals surface area (Å²) < 4.78 is 16.2. The predicted octanol–water partition coefficient (Wildman–Crippen LogP) is 3.35. The number of aromatic nitrogens is 3. The van der Waals surface area contributed by atoms with Crippen LogP contribution in [-0.2, 0) is 20.1 Å². The molecule has 0 aliphatic carbocycles. The Morgan fingerprint density at radius 2 is 1.69 bits per heavy atom. The quantitative estimate of drug-likeness (QED) is 0.301. The van der Waals surface area contributed by atoms with Crippen molar-refractivity contribution in [2.45, 2.75) is 20.0 Å². The van der Waals surface area contributed by atoms with Gasteiger partial charge in [-0.1, -0.05) is 42.5 Å². The Bertz CT molecular complexity index is 1030. The highest BCUT2D eigenvalue weighted by molar-refractivity contribution is 14.0. The first-order valence-corrected chi connectivity index (χ1v) is 10.5. The summed E-state index contributed by atoms with van der Waals surface area (Å²) in [5.74, 6) is 2.38. The summed E-state index contributed by atoms with van der Waals surface area (Å²) in [7, 11) is 1.96. The molecule has 0 atom stereocenters. The Balaban J connectivity index is 0.00000289. The Morgan fingerprint density at radius 3 is 2.34 bits per heavy atom. The van der Waals surface area contributed by atoms with Gasteiger partial charge >= 0.3 is 0 Å². The molecule has 0 saturated carbocycles. The number of aliphatic imine (C=N–C) groups is 1. The second-order valence-corrected chi connectivity index (χ2v) is 7.63. The van der Waals surface area contributed by atoms with Gasteiger partial charge in [0.15, 0.2) is 11.8 Å². The fraction of sp³-hybridized carbons (Fsp3) is 0.348. The second-order valence-electron chi connectivity index (χ2n) is 7.63. The first-order valence-electron chi connectivity index (χ1n) is 10.5. The molecule has 2 aromatic carbocycles. The third kappa shape index (κ3) is 5.76. The minimum atomic E-state index is -0.176. The summed E-state index contributed by atoms with van der Waals surface area (Å²) >= 11 is 0. The Labute approximate surface area is 205 Å². The second kappa shape index (κ2) is 11.3. The molecule has 0 bridgehead atoms. The Morgan fingerprint density at radius 1 is 1.00 bits per heavy atom. The zero-order chi connectivity index (χ0) is 21.6. The molecular formula is C23H29FIN7. The molecule has 1 fully saturated rings. The first kappa shape index (κ1) is 24.0. The molecule has 3 aromatic rings. The van der Waals surface area contributed by atoms with Gasteiger partial charge in [-0.05, 0) is 24.6 Å². The van der Waals surface area contributed by atoms with Crippen LogP contribution in [0.25, 0.3) is 0 Å². The Kier molecular flexibility index (Phi) is 8.43.